The molecule has 0 saturated carbocycles. The van der Waals surface area contributed by atoms with Gasteiger partial charge in [0.1, 0.15) is 6.04 Å². The summed E-state index contributed by atoms with van der Waals surface area (Å²) in [5.74, 6) is -0.877. The van der Waals surface area contributed by atoms with Crippen LogP contribution >= 0.6 is 0 Å². The van der Waals surface area contributed by atoms with E-state index in [1.165, 1.54) is 4.68 Å². The third-order valence-electron chi connectivity index (χ3n) is 2.19. The van der Waals surface area contributed by atoms with Crippen LogP contribution < -0.4 is 0 Å². The quantitative estimate of drug-likeness (QED) is 0.783. The maximum Gasteiger partial charge on any atom is 0.328 e. The van der Waals surface area contributed by atoms with Crippen molar-refractivity contribution in [2.75, 3.05) is 0 Å². The van der Waals surface area contributed by atoms with Gasteiger partial charge in [0.2, 0.25) is 0 Å². The van der Waals surface area contributed by atoms with Crippen molar-refractivity contribution in [2.24, 2.45) is 0 Å². The highest BCUT2D eigenvalue weighted by Gasteiger charge is 2.14. The molecule has 2 aromatic rings. The van der Waals surface area contributed by atoms with E-state index in [0.29, 0.717) is 0 Å². The van der Waals surface area contributed by atoms with Gasteiger partial charge in [-0.2, -0.15) is 5.10 Å². The van der Waals surface area contributed by atoms with Crippen molar-refractivity contribution in [1.29, 1.82) is 0 Å². The molecule has 1 N–H and O–H groups in total. The SMILES string of the molecule is C[C@H](C(=O)O)n1cc2ccccc2n1. The maximum absolute atomic E-state index is 10.7. The summed E-state index contributed by atoms with van der Waals surface area (Å²) in [6.07, 6.45) is 1.74. The second kappa shape index (κ2) is 3.14. The Morgan fingerprint density at radius 2 is 2.21 bits per heavy atom. The molecule has 1 heterocycles. The number of nitrogens with zero attached hydrogens (tertiary/aromatic N) is 2. The number of fused-ring (bicyclic) bond motifs is 1. The number of benzene rings is 1. The van der Waals surface area contributed by atoms with Crippen LogP contribution in [0, 0.1) is 0 Å². The fourth-order valence-corrected chi connectivity index (χ4v) is 1.30. The third-order valence-corrected chi connectivity index (χ3v) is 2.19. The minimum absolute atomic E-state index is 0.623. The summed E-state index contributed by atoms with van der Waals surface area (Å²) < 4.78 is 1.47. The van der Waals surface area contributed by atoms with E-state index in [-0.39, 0.29) is 0 Å². The van der Waals surface area contributed by atoms with Crippen LogP contribution in [0.3, 0.4) is 0 Å². The van der Waals surface area contributed by atoms with E-state index in [9.17, 15) is 4.79 Å². The molecule has 0 aliphatic heterocycles. The number of carboxylic acid groups (broad SMARTS) is 1. The van der Waals surface area contributed by atoms with Crippen LogP contribution in [0.2, 0.25) is 0 Å². The van der Waals surface area contributed by atoms with Crippen LogP contribution in [0.1, 0.15) is 13.0 Å². The largest absolute Gasteiger partial charge is 0.480 e. The number of rotatable bonds is 2. The first kappa shape index (κ1) is 8.74. The zero-order valence-electron chi connectivity index (χ0n) is 7.71. The molecule has 2 rings (SSSR count). The molecule has 72 valence electrons. The van der Waals surface area contributed by atoms with Crippen LogP contribution in [-0.2, 0) is 4.79 Å². The van der Waals surface area contributed by atoms with Crippen molar-refractivity contribution in [1.82, 2.24) is 9.78 Å². The molecule has 0 bridgehead atoms. The summed E-state index contributed by atoms with van der Waals surface area (Å²) >= 11 is 0. The summed E-state index contributed by atoms with van der Waals surface area (Å²) in [5, 5.41) is 13.9. The minimum Gasteiger partial charge on any atom is -0.480 e. The molecule has 0 spiro atoms. The Morgan fingerprint density at radius 1 is 1.50 bits per heavy atom. The Hall–Kier alpha value is -1.84. The molecule has 1 aromatic carbocycles. The van der Waals surface area contributed by atoms with Gasteiger partial charge in [0.25, 0.3) is 0 Å². The van der Waals surface area contributed by atoms with Crippen LogP contribution in [0.15, 0.2) is 30.5 Å². The normalized spacial score (nSPS) is 12.9. The molecule has 0 aliphatic carbocycles. The van der Waals surface area contributed by atoms with Gasteiger partial charge in [0.15, 0.2) is 0 Å². The lowest BCUT2D eigenvalue weighted by molar-refractivity contribution is -0.140. The van der Waals surface area contributed by atoms with Crippen molar-refractivity contribution in [2.45, 2.75) is 13.0 Å². The molecule has 0 fully saturated rings. The number of carboxylic acids is 1. The predicted molar refractivity (Wildman–Crippen MR) is 52.1 cm³/mol. The lowest BCUT2D eigenvalue weighted by atomic mass is 10.3. The molecule has 0 aliphatic rings. The topological polar surface area (TPSA) is 55.1 Å². The monoisotopic (exact) mass is 190 g/mol. The van der Waals surface area contributed by atoms with Gasteiger partial charge in [-0.3, -0.25) is 4.68 Å². The van der Waals surface area contributed by atoms with Crippen molar-refractivity contribution in [3.8, 4) is 0 Å². The van der Waals surface area contributed by atoms with Crippen molar-refractivity contribution < 1.29 is 9.90 Å². The standard InChI is InChI=1S/C10H10N2O2/c1-7(10(13)14)12-6-8-4-2-3-5-9(8)11-12/h2-7H,1H3,(H,13,14)/t7-/m1/s1. The molecule has 1 atom stereocenters. The average molecular weight is 190 g/mol. The van der Waals surface area contributed by atoms with Crippen molar-refractivity contribution in [3.05, 3.63) is 30.5 Å². The first-order valence-corrected chi connectivity index (χ1v) is 4.35. The molecule has 14 heavy (non-hydrogen) atoms. The lowest BCUT2D eigenvalue weighted by Gasteiger charge is -2.04. The van der Waals surface area contributed by atoms with Gasteiger partial charge >= 0.3 is 5.97 Å². The zero-order chi connectivity index (χ0) is 10.1. The van der Waals surface area contributed by atoms with E-state index >= 15 is 0 Å². The number of hydrogen-bond donors (Lipinski definition) is 1. The van der Waals surface area contributed by atoms with E-state index in [2.05, 4.69) is 5.10 Å². The number of hydrogen-bond acceptors (Lipinski definition) is 2. The lowest BCUT2D eigenvalue weighted by Crippen LogP contribution is -2.15. The molecular weight excluding hydrogens is 180 g/mol. The Balaban J connectivity index is 2.50. The summed E-state index contributed by atoms with van der Waals surface area (Å²) in [4.78, 5) is 10.7. The highest BCUT2D eigenvalue weighted by atomic mass is 16.4. The van der Waals surface area contributed by atoms with Gasteiger partial charge in [-0.25, -0.2) is 4.79 Å². The molecular formula is C10H10N2O2. The Bertz CT molecular complexity index is 443. The summed E-state index contributed by atoms with van der Waals surface area (Å²) in [7, 11) is 0. The smallest absolute Gasteiger partial charge is 0.328 e. The van der Waals surface area contributed by atoms with Crippen LogP contribution in [0.5, 0.6) is 0 Å². The number of aliphatic carboxylic acids is 1. The minimum atomic E-state index is -0.877. The molecule has 4 heteroatoms. The van der Waals surface area contributed by atoms with Crippen molar-refractivity contribution in [3.63, 3.8) is 0 Å². The zero-order valence-corrected chi connectivity index (χ0v) is 7.71. The molecule has 0 saturated heterocycles. The second-order valence-electron chi connectivity index (χ2n) is 3.18. The Morgan fingerprint density at radius 3 is 2.86 bits per heavy atom. The van der Waals surface area contributed by atoms with Gasteiger partial charge < -0.3 is 5.11 Å². The van der Waals surface area contributed by atoms with E-state index in [0.717, 1.165) is 10.9 Å². The van der Waals surface area contributed by atoms with Gasteiger partial charge in [-0.15, -0.1) is 0 Å². The van der Waals surface area contributed by atoms with E-state index in [1.807, 2.05) is 24.3 Å². The van der Waals surface area contributed by atoms with Gasteiger partial charge in [0, 0.05) is 11.6 Å². The second-order valence-corrected chi connectivity index (χ2v) is 3.18. The van der Waals surface area contributed by atoms with Crippen molar-refractivity contribution >= 4 is 16.9 Å². The highest BCUT2D eigenvalue weighted by Crippen LogP contribution is 2.14. The average Bonchev–Trinajstić information content (AvgIpc) is 2.59. The number of carbonyl (C=O) groups is 1. The van der Waals surface area contributed by atoms with E-state index < -0.39 is 12.0 Å². The van der Waals surface area contributed by atoms with Crippen LogP contribution in [0.25, 0.3) is 10.9 Å². The highest BCUT2D eigenvalue weighted by molar-refractivity contribution is 5.79. The van der Waals surface area contributed by atoms with Gasteiger partial charge in [0.05, 0.1) is 5.52 Å². The van der Waals surface area contributed by atoms with Gasteiger partial charge in [-0.1, -0.05) is 18.2 Å². The third kappa shape index (κ3) is 1.35. The molecule has 0 unspecified atom stereocenters. The first-order valence-electron chi connectivity index (χ1n) is 4.35. The fraction of sp³-hybridized carbons (Fsp3) is 0.200. The molecule has 0 amide bonds. The van der Waals surface area contributed by atoms with Crippen LogP contribution in [0.4, 0.5) is 0 Å². The fourth-order valence-electron chi connectivity index (χ4n) is 1.30. The Kier molecular flexibility index (Phi) is 1.96. The predicted octanol–water partition coefficient (Wildman–Crippen LogP) is 1.68. The summed E-state index contributed by atoms with van der Waals surface area (Å²) in [6.45, 7) is 1.61. The maximum atomic E-state index is 10.7. The summed E-state index contributed by atoms with van der Waals surface area (Å²) in [5.41, 5.74) is 0.820. The molecule has 1 aromatic heterocycles. The van der Waals surface area contributed by atoms with Gasteiger partial charge in [-0.05, 0) is 13.0 Å². The molecule has 0 radical (unpaired) electrons. The Labute approximate surface area is 80.8 Å². The number of aromatic nitrogens is 2. The summed E-state index contributed by atoms with van der Waals surface area (Å²) in [6, 6.07) is 6.93. The van der Waals surface area contributed by atoms with E-state index in [1.54, 1.807) is 13.1 Å². The first-order chi connectivity index (χ1) is 6.68. The van der Waals surface area contributed by atoms with Crippen LogP contribution in [-0.4, -0.2) is 20.9 Å². The van der Waals surface area contributed by atoms with E-state index in [4.69, 9.17) is 5.11 Å². The molecule has 4 nitrogen and oxygen atoms in total.